The Bertz CT molecular complexity index is 493. The van der Waals surface area contributed by atoms with Gasteiger partial charge in [-0.2, -0.15) is 4.31 Å². The molecular weight excluding hydrogens is 270 g/mol. The molecule has 0 saturated carbocycles. The number of nitrogens with zero attached hydrogens (tertiary/aromatic N) is 1. The molecule has 1 atom stereocenters. The predicted molar refractivity (Wildman–Crippen MR) is 74.3 cm³/mol. The minimum Gasteiger partial charge on any atom is -0.391 e. The summed E-state index contributed by atoms with van der Waals surface area (Å²) in [6.45, 7) is 5.47. The largest absolute Gasteiger partial charge is 0.391 e. The molecule has 104 valence electrons. The molecule has 0 spiro atoms. The number of aliphatic hydroxyl groups excluding tert-OH is 1. The van der Waals surface area contributed by atoms with Crippen molar-refractivity contribution in [2.45, 2.75) is 51.2 Å². The molecular formula is C12H21NO3S2. The first-order valence-electron chi connectivity index (χ1n) is 6.02. The first-order valence-corrected chi connectivity index (χ1v) is 8.34. The van der Waals surface area contributed by atoms with Gasteiger partial charge in [0.1, 0.15) is 4.90 Å². The van der Waals surface area contributed by atoms with Gasteiger partial charge in [0.15, 0.2) is 0 Å². The molecule has 1 aromatic rings. The zero-order chi connectivity index (χ0) is 13.9. The van der Waals surface area contributed by atoms with Crippen LogP contribution in [0.15, 0.2) is 10.3 Å². The van der Waals surface area contributed by atoms with Crippen LogP contribution < -0.4 is 0 Å². The third-order valence-corrected chi connectivity index (χ3v) is 6.52. The van der Waals surface area contributed by atoms with Gasteiger partial charge in [-0.25, -0.2) is 8.42 Å². The lowest BCUT2D eigenvalue weighted by Gasteiger charge is -2.24. The number of aryl methyl sites for hydroxylation is 1. The Balaban J connectivity index is 3.17. The fourth-order valence-corrected chi connectivity index (χ4v) is 4.92. The topological polar surface area (TPSA) is 57.6 Å². The molecule has 0 aliphatic carbocycles. The summed E-state index contributed by atoms with van der Waals surface area (Å²) < 4.78 is 26.5. The fraction of sp³-hybridized carbons (Fsp3) is 0.667. The lowest BCUT2D eigenvalue weighted by Crippen LogP contribution is -2.35. The standard InChI is InChI=1S/C12H21NO3S2/c1-5-6-10(3)13(4)18(15,16)12-9(2)8-17-11(12)7-14/h8,10,14H,5-7H2,1-4H3. The Morgan fingerprint density at radius 3 is 2.61 bits per heavy atom. The highest BCUT2D eigenvalue weighted by Crippen LogP contribution is 2.30. The van der Waals surface area contributed by atoms with E-state index in [1.165, 1.54) is 15.6 Å². The van der Waals surface area contributed by atoms with Gasteiger partial charge in [-0.15, -0.1) is 11.3 Å². The lowest BCUT2D eigenvalue weighted by atomic mass is 10.2. The molecule has 18 heavy (non-hydrogen) atoms. The summed E-state index contributed by atoms with van der Waals surface area (Å²) >= 11 is 1.29. The van der Waals surface area contributed by atoms with Crippen LogP contribution >= 0.6 is 11.3 Å². The lowest BCUT2D eigenvalue weighted by molar-refractivity contribution is 0.281. The van der Waals surface area contributed by atoms with Crippen LogP contribution in [0.3, 0.4) is 0 Å². The van der Waals surface area contributed by atoms with E-state index in [2.05, 4.69) is 0 Å². The second-order valence-electron chi connectivity index (χ2n) is 4.49. The molecule has 1 heterocycles. The molecule has 0 aromatic carbocycles. The van der Waals surface area contributed by atoms with Crippen LogP contribution in [0.1, 0.15) is 37.1 Å². The average molecular weight is 291 g/mol. The van der Waals surface area contributed by atoms with Crippen molar-refractivity contribution in [2.75, 3.05) is 7.05 Å². The van der Waals surface area contributed by atoms with Crippen molar-refractivity contribution in [1.82, 2.24) is 4.31 Å². The van der Waals surface area contributed by atoms with Crippen molar-refractivity contribution in [3.63, 3.8) is 0 Å². The highest BCUT2D eigenvalue weighted by atomic mass is 32.2. The monoisotopic (exact) mass is 291 g/mol. The minimum absolute atomic E-state index is 0.0363. The number of sulfonamides is 1. The number of hydrogen-bond acceptors (Lipinski definition) is 4. The van der Waals surface area contributed by atoms with Gasteiger partial charge in [-0.1, -0.05) is 13.3 Å². The molecule has 6 heteroatoms. The SMILES string of the molecule is CCCC(C)N(C)S(=O)(=O)c1c(C)csc1CO. The molecule has 0 fully saturated rings. The van der Waals surface area contributed by atoms with Gasteiger partial charge in [0.05, 0.1) is 11.5 Å². The predicted octanol–water partition coefficient (Wildman–Crippen LogP) is 2.36. The van der Waals surface area contributed by atoms with E-state index in [1.807, 2.05) is 13.8 Å². The van der Waals surface area contributed by atoms with Crippen LogP contribution in [0.2, 0.25) is 0 Å². The summed E-state index contributed by atoms with van der Waals surface area (Å²) in [5.74, 6) is 0. The summed E-state index contributed by atoms with van der Waals surface area (Å²) in [4.78, 5) is 0.795. The van der Waals surface area contributed by atoms with Gasteiger partial charge in [0, 0.05) is 13.1 Å². The van der Waals surface area contributed by atoms with Crippen LogP contribution in [0.25, 0.3) is 0 Å². The zero-order valence-corrected chi connectivity index (χ0v) is 12.9. The molecule has 0 radical (unpaired) electrons. The molecule has 0 bridgehead atoms. The molecule has 0 aliphatic heterocycles. The summed E-state index contributed by atoms with van der Waals surface area (Å²) in [6, 6.07) is -0.0363. The first-order chi connectivity index (χ1) is 8.36. The van der Waals surface area contributed by atoms with E-state index < -0.39 is 10.0 Å². The minimum atomic E-state index is -3.51. The second kappa shape index (κ2) is 6.14. The molecule has 1 unspecified atom stereocenters. The summed E-state index contributed by atoms with van der Waals surface area (Å²) in [7, 11) is -1.90. The maximum atomic E-state index is 12.5. The Kier molecular flexibility index (Phi) is 5.33. The molecule has 0 saturated heterocycles. The Labute approximate surface area is 113 Å². The maximum absolute atomic E-state index is 12.5. The summed E-state index contributed by atoms with van der Waals surface area (Å²) in [5.41, 5.74) is 0.708. The van der Waals surface area contributed by atoms with E-state index in [0.717, 1.165) is 12.8 Å². The van der Waals surface area contributed by atoms with Crippen molar-refractivity contribution < 1.29 is 13.5 Å². The van der Waals surface area contributed by atoms with Gasteiger partial charge in [-0.3, -0.25) is 0 Å². The van der Waals surface area contributed by atoms with Gasteiger partial charge in [0.2, 0.25) is 10.0 Å². The second-order valence-corrected chi connectivity index (χ2v) is 7.39. The van der Waals surface area contributed by atoms with Gasteiger partial charge >= 0.3 is 0 Å². The van der Waals surface area contributed by atoms with Crippen LogP contribution in [0.5, 0.6) is 0 Å². The molecule has 1 aromatic heterocycles. The highest BCUT2D eigenvalue weighted by molar-refractivity contribution is 7.89. The number of hydrogen-bond donors (Lipinski definition) is 1. The van der Waals surface area contributed by atoms with Crippen molar-refractivity contribution in [3.8, 4) is 0 Å². The van der Waals surface area contributed by atoms with E-state index in [4.69, 9.17) is 0 Å². The third-order valence-electron chi connectivity index (χ3n) is 3.10. The first kappa shape index (κ1) is 15.6. The Hall–Kier alpha value is -0.430. The van der Waals surface area contributed by atoms with Gasteiger partial charge in [-0.05, 0) is 31.2 Å². The smallest absolute Gasteiger partial charge is 0.244 e. The highest BCUT2D eigenvalue weighted by Gasteiger charge is 2.29. The van der Waals surface area contributed by atoms with E-state index >= 15 is 0 Å². The Morgan fingerprint density at radius 2 is 2.11 bits per heavy atom. The fourth-order valence-electron chi connectivity index (χ4n) is 1.92. The van der Waals surface area contributed by atoms with Crippen LogP contribution in [-0.4, -0.2) is 30.9 Å². The number of thiophene rings is 1. The van der Waals surface area contributed by atoms with Crippen molar-refractivity contribution >= 4 is 21.4 Å². The third kappa shape index (κ3) is 2.93. The van der Waals surface area contributed by atoms with Crippen LogP contribution in [0, 0.1) is 6.92 Å². The number of rotatable bonds is 6. The number of aliphatic hydroxyl groups is 1. The maximum Gasteiger partial charge on any atom is 0.244 e. The molecule has 4 nitrogen and oxygen atoms in total. The van der Waals surface area contributed by atoms with E-state index in [9.17, 15) is 13.5 Å². The van der Waals surface area contributed by atoms with Crippen LogP contribution in [-0.2, 0) is 16.6 Å². The summed E-state index contributed by atoms with van der Waals surface area (Å²) in [6.07, 6.45) is 1.77. The quantitative estimate of drug-likeness (QED) is 0.875. The van der Waals surface area contributed by atoms with Crippen molar-refractivity contribution in [3.05, 3.63) is 15.8 Å². The van der Waals surface area contributed by atoms with E-state index in [-0.39, 0.29) is 17.5 Å². The average Bonchev–Trinajstić information content (AvgIpc) is 2.70. The van der Waals surface area contributed by atoms with Gasteiger partial charge in [0.25, 0.3) is 0 Å². The normalized spacial score (nSPS) is 14.1. The van der Waals surface area contributed by atoms with Crippen molar-refractivity contribution in [2.24, 2.45) is 0 Å². The Morgan fingerprint density at radius 1 is 1.50 bits per heavy atom. The van der Waals surface area contributed by atoms with Crippen molar-refractivity contribution in [1.29, 1.82) is 0 Å². The molecule has 0 amide bonds. The van der Waals surface area contributed by atoms with Gasteiger partial charge < -0.3 is 5.11 Å². The van der Waals surface area contributed by atoms with E-state index in [0.29, 0.717) is 10.4 Å². The molecule has 1 rings (SSSR count). The molecule has 0 aliphatic rings. The zero-order valence-electron chi connectivity index (χ0n) is 11.3. The molecule has 1 N–H and O–H groups in total. The summed E-state index contributed by atoms with van der Waals surface area (Å²) in [5, 5.41) is 11.0. The van der Waals surface area contributed by atoms with Crippen LogP contribution in [0.4, 0.5) is 0 Å². The van der Waals surface area contributed by atoms with E-state index in [1.54, 1.807) is 19.4 Å².